The van der Waals surface area contributed by atoms with Crippen molar-refractivity contribution in [3.63, 3.8) is 0 Å². The molecule has 0 saturated carbocycles. The maximum atomic E-state index is 4.61. The number of rotatable bonds is 5. The molecule has 2 aromatic rings. The zero-order valence-corrected chi connectivity index (χ0v) is 13.1. The molecule has 0 amide bonds. The third kappa shape index (κ3) is 4.41. The summed E-state index contributed by atoms with van der Waals surface area (Å²) in [6.07, 6.45) is 1.79. The van der Waals surface area contributed by atoms with E-state index in [0.29, 0.717) is 6.54 Å². The molecule has 0 aliphatic carbocycles. The van der Waals surface area contributed by atoms with Gasteiger partial charge in [-0.05, 0) is 19.1 Å². The predicted molar refractivity (Wildman–Crippen MR) is 86.5 cm³/mol. The second-order valence-corrected chi connectivity index (χ2v) is 5.92. The first-order chi connectivity index (χ1) is 9.99. The van der Waals surface area contributed by atoms with E-state index in [1.165, 1.54) is 0 Å². The lowest BCUT2D eigenvalue weighted by Crippen LogP contribution is -2.18. The first kappa shape index (κ1) is 15.2. The van der Waals surface area contributed by atoms with Crippen LogP contribution in [0.1, 0.15) is 39.2 Å². The Morgan fingerprint density at radius 3 is 2.33 bits per heavy atom. The zero-order chi connectivity index (χ0) is 15.3. The molecule has 2 aromatic heterocycles. The molecule has 2 N–H and O–H groups in total. The van der Waals surface area contributed by atoms with Crippen molar-refractivity contribution < 1.29 is 0 Å². The molecule has 0 atom stereocenters. The quantitative estimate of drug-likeness (QED) is 0.883. The van der Waals surface area contributed by atoms with E-state index in [1.54, 1.807) is 6.20 Å². The molecule has 0 aromatic carbocycles. The number of hydrogen-bond donors (Lipinski definition) is 2. The standard InChI is InChI=1S/C16H23N5/c1-5-17-13-10-14(21-15(20-13)16(2,3)4)19-11-12-8-6-7-9-18-12/h6-10H,5,11H2,1-4H3,(H2,17,19,20,21). The maximum Gasteiger partial charge on any atom is 0.138 e. The van der Waals surface area contributed by atoms with E-state index in [9.17, 15) is 0 Å². The lowest BCUT2D eigenvalue weighted by molar-refractivity contribution is 0.546. The Morgan fingerprint density at radius 2 is 1.76 bits per heavy atom. The fraction of sp³-hybridized carbons (Fsp3) is 0.438. The van der Waals surface area contributed by atoms with Gasteiger partial charge in [-0.2, -0.15) is 0 Å². The molecule has 5 nitrogen and oxygen atoms in total. The highest BCUT2D eigenvalue weighted by molar-refractivity contribution is 5.48. The third-order valence-electron chi connectivity index (χ3n) is 2.93. The summed E-state index contributed by atoms with van der Waals surface area (Å²) >= 11 is 0. The lowest BCUT2D eigenvalue weighted by Gasteiger charge is -2.19. The van der Waals surface area contributed by atoms with Gasteiger partial charge in [-0.3, -0.25) is 4.98 Å². The summed E-state index contributed by atoms with van der Waals surface area (Å²) in [6.45, 7) is 9.87. The topological polar surface area (TPSA) is 62.7 Å². The van der Waals surface area contributed by atoms with Gasteiger partial charge in [0.1, 0.15) is 17.5 Å². The number of aromatic nitrogens is 3. The molecule has 0 radical (unpaired) electrons. The predicted octanol–water partition coefficient (Wildman–Crippen LogP) is 3.21. The molecular formula is C16H23N5. The maximum absolute atomic E-state index is 4.61. The zero-order valence-electron chi connectivity index (χ0n) is 13.1. The Morgan fingerprint density at radius 1 is 1.05 bits per heavy atom. The van der Waals surface area contributed by atoms with E-state index in [4.69, 9.17) is 0 Å². The van der Waals surface area contributed by atoms with Crippen LogP contribution in [-0.4, -0.2) is 21.5 Å². The van der Waals surface area contributed by atoms with Crippen molar-refractivity contribution in [1.82, 2.24) is 15.0 Å². The minimum absolute atomic E-state index is 0.0904. The van der Waals surface area contributed by atoms with Crippen molar-refractivity contribution in [2.45, 2.75) is 39.7 Å². The number of nitrogens with one attached hydrogen (secondary N) is 2. The summed E-state index contributed by atoms with van der Waals surface area (Å²) < 4.78 is 0. The van der Waals surface area contributed by atoms with Crippen LogP contribution < -0.4 is 10.6 Å². The third-order valence-corrected chi connectivity index (χ3v) is 2.93. The highest BCUT2D eigenvalue weighted by Gasteiger charge is 2.19. The molecule has 5 heteroatoms. The average molecular weight is 285 g/mol. The van der Waals surface area contributed by atoms with Crippen LogP contribution in [0.4, 0.5) is 11.6 Å². The fourth-order valence-electron chi connectivity index (χ4n) is 1.83. The first-order valence-corrected chi connectivity index (χ1v) is 7.26. The van der Waals surface area contributed by atoms with Crippen molar-refractivity contribution in [3.8, 4) is 0 Å². The van der Waals surface area contributed by atoms with Gasteiger partial charge in [-0.1, -0.05) is 26.8 Å². The minimum Gasteiger partial charge on any atom is -0.370 e. The lowest BCUT2D eigenvalue weighted by atomic mass is 9.96. The number of anilines is 2. The molecule has 2 heterocycles. The van der Waals surface area contributed by atoms with Crippen LogP contribution in [-0.2, 0) is 12.0 Å². The second kappa shape index (κ2) is 6.52. The highest BCUT2D eigenvalue weighted by Crippen LogP contribution is 2.22. The van der Waals surface area contributed by atoms with Crippen LogP contribution in [0, 0.1) is 0 Å². The summed E-state index contributed by atoms with van der Waals surface area (Å²) in [7, 11) is 0. The van der Waals surface area contributed by atoms with Crippen molar-refractivity contribution in [1.29, 1.82) is 0 Å². The Kier molecular flexibility index (Phi) is 4.73. The molecular weight excluding hydrogens is 262 g/mol. The van der Waals surface area contributed by atoms with Gasteiger partial charge in [0.15, 0.2) is 0 Å². The van der Waals surface area contributed by atoms with Crippen molar-refractivity contribution in [2.24, 2.45) is 0 Å². The molecule has 0 saturated heterocycles. The molecule has 0 bridgehead atoms. The van der Waals surface area contributed by atoms with E-state index < -0.39 is 0 Å². The minimum atomic E-state index is -0.0904. The molecule has 21 heavy (non-hydrogen) atoms. The molecule has 112 valence electrons. The van der Waals surface area contributed by atoms with Gasteiger partial charge in [0.25, 0.3) is 0 Å². The molecule has 2 rings (SSSR count). The Labute approximate surface area is 126 Å². The highest BCUT2D eigenvalue weighted by atomic mass is 15.1. The summed E-state index contributed by atoms with van der Waals surface area (Å²) in [5.74, 6) is 2.49. The van der Waals surface area contributed by atoms with Crippen molar-refractivity contribution in [3.05, 3.63) is 42.0 Å². The van der Waals surface area contributed by atoms with Gasteiger partial charge in [0, 0.05) is 24.2 Å². The van der Waals surface area contributed by atoms with Crippen LogP contribution in [0.5, 0.6) is 0 Å². The second-order valence-electron chi connectivity index (χ2n) is 5.92. The molecule has 0 fully saturated rings. The summed E-state index contributed by atoms with van der Waals surface area (Å²) in [5.41, 5.74) is 0.894. The normalized spacial score (nSPS) is 11.2. The fourth-order valence-corrected chi connectivity index (χ4v) is 1.83. The summed E-state index contributed by atoms with van der Waals surface area (Å²) in [4.78, 5) is 13.5. The monoisotopic (exact) mass is 285 g/mol. The van der Waals surface area contributed by atoms with Gasteiger partial charge in [0.05, 0.1) is 12.2 Å². The molecule has 0 aliphatic rings. The Bertz CT molecular complexity index is 575. The van der Waals surface area contributed by atoms with Crippen LogP contribution >= 0.6 is 0 Å². The van der Waals surface area contributed by atoms with Gasteiger partial charge in [0.2, 0.25) is 0 Å². The van der Waals surface area contributed by atoms with E-state index in [-0.39, 0.29) is 5.41 Å². The van der Waals surface area contributed by atoms with E-state index in [1.807, 2.05) is 24.3 Å². The van der Waals surface area contributed by atoms with Gasteiger partial charge >= 0.3 is 0 Å². The Hall–Kier alpha value is -2.17. The van der Waals surface area contributed by atoms with Crippen molar-refractivity contribution >= 4 is 11.6 Å². The molecule has 0 spiro atoms. The largest absolute Gasteiger partial charge is 0.370 e. The number of hydrogen-bond acceptors (Lipinski definition) is 5. The smallest absolute Gasteiger partial charge is 0.138 e. The molecule has 0 aliphatic heterocycles. The average Bonchev–Trinajstić information content (AvgIpc) is 2.45. The SMILES string of the molecule is CCNc1cc(NCc2ccccn2)nc(C(C)(C)C)n1. The summed E-state index contributed by atoms with van der Waals surface area (Å²) in [5, 5.41) is 6.57. The van der Waals surface area contributed by atoms with Gasteiger partial charge in [-0.15, -0.1) is 0 Å². The Balaban J connectivity index is 2.19. The van der Waals surface area contributed by atoms with Gasteiger partial charge in [-0.25, -0.2) is 9.97 Å². The van der Waals surface area contributed by atoms with E-state index >= 15 is 0 Å². The van der Waals surface area contributed by atoms with Crippen molar-refractivity contribution in [2.75, 3.05) is 17.2 Å². The number of pyridine rings is 1. The first-order valence-electron chi connectivity index (χ1n) is 7.26. The van der Waals surface area contributed by atoms with E-state index in [0.717, 1.165) is 29.7 Å². The van der Waals surface area contributed by atoms with Crippen LogP contribution in [0.2, 0.25) is 0 Å². The molecule has 0 unspecified atom stereocenters. The summed E-state index contributed by atoms with van der Waals surface area (Å²) in [6, 6.07) is 7.82. The van der Waals surface area contributed by atoms with E-state index in [2.05, 4.69) is 53.3 Å². The number of nitrogens with zero attached hydrogens (tertiary/aromatic N) is 3. The van der Waals surface area contributed by atoms with Crippen LogP contribution in [0.3, 0.4) is 0 Å². The van der Waals surface area contributed by atoms with Crippen LogP contribution in [0.15, 0.2) is 30.5 Å². The van der Waals surface area contributed by atoms with Crippen LogP contribution in [0.25, 0.3) is 0 Å². The van der Waals surface area contributed by atoms with Gasteiger partial charge < -0.3 is 10.6 Å².